The molecular formula is C12H19ClN4O. The summed E-state index contributed by atoms with van der Waals surface area (Å²) in [5.74, 6) is 1.29. The second-order valence-corrected chi connectivity index (χ2v) is 4.85. The molecular weight excluding hydrogens is 252 g/mol. The Morgan fingerprint density at radius 2 is 2.11 bits per heavy atom. The van der Waals surface area contributed by atoms with Gasteiger partial charge in [0.15, 0.2) is 16.7 Å². The number of likely N-dealkylation sites (N-methyl/N-ethyl adjacent to an activating group) is 1. The van der Waals surface area contributed by atoms with Gasteiger partial charge in [0.25, 0.3) is 0 Å². The maximum absolute atomic E-state index is 5.99. The van der Waals surface area contributed by atoms with Crippen molar-refractivity contribution in [3.8, 4) is 5.75 Å². The Kier molecular flexibility index (Phi) is 4.60. The maximum atomic E-state index is 5.99. The topological polar surface area (TPSA) is 41.5 Å². The fraction of sp³-hybridized carbons (Fsp3) is 0.667. The summed E-state index contributed by atoms with van der Waals surface area (Å²) >= 11 is 5.99. The molecule has 2 rings (SSSR count). The van der Waals surface area contributed by atoms with Crippen molar-refractivity contribution in [3.63, 3.8) is 0 Å². The lowest BCUT2D eigenvalue weighted by Gasteiger charge is -2.23. The predicted molar refractivity (Wildman–Crippen MR) is 72.5 cm³/mol. The van der Waals surface area contributed by atoms with E-state index in [0.29, 0.717) is 10.9 Å². The average Bonchev–Trinajstić information content (AvgIpc) is 2.88. The zero-order chi connectivity index (χ0) is 13.0. The minimum absolute atomic E-state index is 0.357. The van der Waals surface area contributed by atoms with Gasteiger partial charge in [-0.05, 0) is 25.9 Å². The molecule has 0 amide bonds. The Labute approximate surface area is 113 Å². The average molecular weight is 271 g/mol. The van der Waals surface area contributed by atoms with Crippen LogP contribution in [0, 0.1) is 0 Å². The molecule has 0 aromatic carbocycles. The van der Waals surface area contributed by atoms with Crippen LogP contribution in [0.3, 0.4) is 0 Å². The molecule has 0 saturated carbocycles. The number of halogens is 1. The zero-order valence-corrected chi connectivity index (χ0v) is 11.7. The molecule has 0 aliphatic carbocycles. The van der Waals surface area contributed by atoms with E-state index in [-0.39, 0.29) is 0 Å². The van der Waals surface area contributed by atoms with E-state index >= 15 is 0 Å². The number of ether oxygens (including phenoxy) is 1. The quantitative estimate of drug-likeness (QED) is 0.762. The van der Waals surface area contributed by atoms with Crippen molar-refractivity contribution < 1.29 is 4.74 Å². The van der Waals surface area contributed by atoms with Crippen molar-refractivity contribution >= 4 is 17.4 Å². The van der Waals surface area contributed by atoms with Gasteiger partial charge in [-0.15, -0.1) is 0 Å². The van der Waals surface area contributed by atoms with Crippen LogP contribution in [0.2, 0.25) is 5.15 Å². The molecule has 1 aliphatic rings. The van der Waals surface area contributed by atoms with E-state index in [9.17, 15) is 0 Å². The minimum Gasteiger partial charge on any atom is -0.490 e. The number of hydrogen-bond donors (Lipinski definition) is 0. The first kappa shape index (κ1) is 13.4. The summed E-state index contributed by atoms with van der Waals surface area (Å²) in [6.07, 6.45) is 4.09. The molecule has 0 unspecified atom stereocenters. The van der Waals surface area contributed by atoms with E-state index in [1.165, 1.54) is 32.3 Å². The van der Waals surface area contributed by atoms with Crippen LogP contribution >= 0.6 is 11.6 Å². The van der Waals surface area contributed by atoms with Gasteiger partial charge in [0.05, 0.1) is 7.11 Å². The molecule has 6 heteroatoms. The van der Waals surface area contributed by atoms with Crippen LogP contribution in [0.15, 0.2) is 6.33 Å². The first-order valence-electron chi connectivity index (χ1n) is 6.20. The Morgan fingerprint density at radius 1 is 1.39 bits per heavy atom. The summed E-state index contributed by atoms with van der Waals surface area (Å²) < 4.78 is 5.26. The zero-order valence-electron chi connectivity index (χ0n) is 10.9. The van der Waals surface area contributed by atoms with E-state index in [4.69, 9.17) is 16.3 Å². The number of hydrogen-bond acceptors (Lipinski definition) is 5. The van der Waals surface area contributed by atoms with E-state index in [1.807, 2.05) is 7.05 Å². The Hall–Kier alpha value is -1.07. The van der Waals surface area contributed by atoms with Crippen LogP contribution in [0.4, 0.5) is 5.82 Å². The molecule has 1 fully saturated rings. The number of methoxy groups -OCH3 is 1. The molecule has 0 N–H and O–H groups in total. The number of aromatic nitrogens is 2. The smallest absolute Gasteiger partial charge is 0.199 e. The summed E-state index contributed by atoms with van der Waals surface area (Å²) in [7, 11) is 3.58. The molecule has 1 aliphatic heterocycles. The van der Waals surface area contributed by atoms with Crippen molar-refractivity contribution in [2.75, 3.05) is 45.2 Å². The molecule has 1 aromatic rings. The van der Waals surface area contributed by atoms with Crippen molar-refractivity contribution in [1.29, 1.82) is 0 Å². The predicted octanol–water partition coefficient (Wildman–Crippen LogP) is 1.67. The molecule has 18 heavy (non-hydrogen) atoms. The maximum Gasteiger partial charge on any atom is 0.199 e. The van der Waals surface area contributed by atoms with Gasteiger partial charge < -0.3 is 14.5 Å². The summed E-state index contributed by atoms with van der Waals surface area (Å²) in [4.78, 5) is 12.7. The first-order valence-corrected chi connectivity index (χ1v) is 6.58. The SMILES string of the molecule is COc1c(Cl)ncnc1N(C)CCN1CCCC1. The fourth-order valence-corrected chi connectivity index (χ4v) is 2.40. The standard InChI is InChI=1S/C12H19ClN4O/c1-16(7-8-17-5-3-4-6-17)12-10(18-2)11(13)14-9-15-12/h9H,3-8H2,1-2H3. The highest BCUT2D eigenvalue weighted by molar-refractivity contribution is 6.31. The van der Waals surface area contributed by atoms with Crippen LogP contribution in [0.25, 0.3) is 0 Å². The number of nitrogens with zero attached hydrogens (tertiary/aromatic N) is 4. The van der Waals surface area contributed by atoms with Gasteiger partial charge in [-0.3, -0.25) is 0 Å². The number of likely N-dealkylation sites (tertiary alicyclic amines) is 1. The summed E-state index contributed by atoms with van der Waals surface area (Å²) in [6, 6.07) is 0. The van der Waals surface area contributed by atoms with Crippen LogP contribution in [-0.2, 0) is 0 Å². The fourth-order valence-electron chi connectivity index (χ4n) is 2.19. The lowest BCUT2D eigenvalue weighted by atomic mass is 10.4. The summed E-state index contributed by atoms with van der Waals surface area (Å²) in [6.45, 7) is 4.36. The number of anilines is 1. The second kappa shape index (κ2) is 6.20. The van der Waals surface area contributed by atoms with Gasteiger partial charge in [0, 0.05) is 20.1 Å². The molecule has 2 heterocycles. The van der Waals surface area contributed by atoms with E-state index in [0.717, 1.165) is 18.9 Å². The van der Waals surface area contributed by atoms with E-state index < -0.39 is 0 Å². The van der Waals surface area contributed by atoms with Crippen LogP contribution < -0.4 is 9.64 Å². The highest BCUT2D eigenvalue weighted by Gasteiger charge is 2.16. The molecule has 5 nitrogen and oxygen atoms in total. The van der Waals surface area contributed by atoms with Crippen molar-refractivity contribution in [1.82, 2.24) is 14.9 Å². The lowest BCUT2D eigenvalue weighted by molar-refractivity contribution is 0.345. The second-order valence-electron chi connectivity index (χ2n) is 4.49. The first-order chi connectivity index (χ1) is 8.72. The van der Waals surface area contributed by atoms with Crippen LogP contribution in [0.5, 0.6) is 5.75 Å². The molecule has 100 valence electrons. The highest BCUT2D eigenvalue weighted by atomic mass is 35.5. The third-order valence-corrected chi connectivity index (χ3v) is 3.53. The van der Waals surface area contributed by atoms with Crippen molar-refractivity contribution in [2.24, 2.45) is 0 Å². The van der Waals surface area contributed by atoms with Gasteiger partial charge in [0.1, 0.15) is 6.33 Å². The van der Waals surface area contributed by atoms with Crippen LogP contribution in [0.1, 0.15) is 12.8 Å². The largest absolute Gasteiger partial charge is 0.490 e. The van der Waals surface area contributed by atoms with Gasteiger partial charge in [-0.1, -0.05) is 11.6 Å². The summed E-state index contributed by atoms with van der Waals surface area (Å²) in [5.41, 5.74) is 0. The number of rotatable bonds is 5. The molecule has 1 aromatic heterocycles. The van der Waals surface area contributed by atoms with Gasteiger partial charge >= 0.3 is 0 Å². The van der Waals surface area contributed by atoms with Crippen LogP contribution in [-0.4, -0.2) is 55.2 Å². The molecule has 0 spiro atoms. The Balaban J connectivity index is 1.99. The minimum atomic E-state index is 0.357. The molecule has 1 saturated heterocycles. The Bertz CT molecular complexity index is 396. The van der Waals surface area contributed by atoms with Gasteiger partial charge in [0.2, 0.25) is 0 Å². The molecule has 0 radical (unpaired) electrons. The van der Waals surface area contributed by atoms with Crippen molar-refractivity contribution in [2.45, 2.75) is 12.8 Å². The Morgan fingerprint density at radius 3 is 2.78 bits per heavy atom. The third kappa shape index (κ3) is 3.03. The monoisotopic (exact) mass is 270 g/mol. The third-order valence-electron chi connectivity index (χ3n) is 3.26. The van der Waals surface area contributed by atoms with Gasteiger partial charge in [-0.25, -0.2) is 9.97 Å². The van der Waals surface area contributed by atoms with E-state index in [2.05, 4.69) is 19.8 Å². The lowest BCUT2D eigenvalue weighted by Crippen LogP contribution is -2.32. The highest BCUT2D eigenvalue weighted by Crippen LogP contribution is 2.30. The molecule has 0 bridgehead atoms. The summed E-state index contributed by atoms with van der Waals surface area (Å²) in [5, 5.41) is 0.357. The van der Waals surface area contributed by atoms with E-state index in [1.54, 1.807) is 7.11 Å². The van der Waals surface area contributed by atoms with Crippen molar-refractivity contribution in [3.05, 3.63) is 11.5 Å². The molecule has 0 atom stereocenters. The normalized spacial score (nSPS) is 15.9. The van der Waals surface area contributed by atoms with Gasteiger partial charge in [-0.2, -0.15) is 0 Å².